The minimum Gasteiger partial charge on any atom is -0.497 e. The summed E-state index contributed by atoms with van der Waals surface area (Å²) in [4.78, 5) is 12.5. The third-order valence-electron chi connectivity index (χ3n) is 4.51. The Morgan fingerprint density at radius 2 is 1.90 bits per heavy atom. The van der Waals surface area contributed by atoms with Gasteiger partial charge >= 0.3 is 0 Å². The van der Waals surface area contributed by atoms with E-state index in [9.17, 15) is 13.2 Å². The van der Waals surface area contributed by atoms with Crippen molar-refractivity contribution >= 4 is 22.1 Å². The lowest BCUT2D eigenvalue weighted by Crippen LogP contribution is -2.40. The highest BCUT2D eigenvalue weighted by molar-refractivity contribution is 7.89. The molecule has 30 heavy (non-hydrogen) atoms. The summed E-state index contributed by atoms with van der Waals surface area (Å²) < 4.78 is 42.5. The summed E-state index contributed by atoms with van der Waals surface area (Å²) in [6.45, 7) is 1.27. The number of hydrazone groups is 1. The van der Waals surface area contributed by atoms with Crippen molar-refractivity contribution < 1.29 is 27.4 Å². The summed E-state index contributed by atoms with van der Waals surface area (Å²) in [6.07, 6.45) is 1.44. The topological polar surface area (TPSA) is 107 Å². The standard InChI is InChI=1S/C20H23N3O6S/c1-27-17-7-6-16(19(13-17)28-2)14-21-22-20(24)15-4-3-5-18(12-15)30(25,26)23-8-10-29-11-9-23/h3-7,12-14H,8-11H2,1-2H3,(H,22,24)/b21-14+. The maximum absolute atomic E-state index is 12.8. The molecule has 0 aromatic heterocycles. The molecule has 1 fully saturated rings. The van der Waals surface area contributed by atoms with Crippen molar-refractivity contribution in [3.63, 3.8) is 0 Å². The van der Waals surface area contributed by atoms with E-state index in [-0.39, 0.29) is 23.5 Å². The monoisotopic (exact) mass is 433 g/mol. The fraction of sp³-hybridized carbons (Fsp3) is 0.300. The van der Waals surface area contributed by atoms with Gasteiger partial charge in [0.1, 0.15) is 11.5 Å². The van der Waals surface area contributed by atoms with E-state index in [1.807, 2.05) is 0 Å². The number of ether oxygens (including phenoxy) is 3. The molecule has 3 rings (SSSR count). The summed E-state index contributed by atoms with van der Waals surface area (Å²) in [7, 11) is -0.620. The second-order valence-corrected chi connectivity index (χ2v) is 8.29. The van der Waals surface area contributed by atoms with E-state index in [2.05, 4.69) is 10.5 Å². The zero-order chi connectivity index (χ0) is 21.6. The molecule has 0 unspecified atom stereocenters. The van der Waals surface area contributed by atoms with Gasteiger partial charge in [0, 0.05) is 30.3 Å². The molecule has 0 saturated carbocycles. The normalized spacial score (nSPS) is 15.1. The number of amides is 1. The first-order chi connectivity index (χ1) is 14.5. The van der Waals surface area contributed by atoms with Crippen molar-refractivity contribution in [2.75, 3.05) is 40.5 Å². The molecule has 160 valence electrons. The molecular weight excluding hydrogens is 410 g/mol. The lowest BCUT2D eigenvalue weighted by atomic mass is 10.2. The summed E-state index contributed by atoms with van der Waals surface area (Å²) in [5.41, 5.74) is 3.23. The van der Waals surface area contributed by atoms with Gasteiger partial charge in [0.15, 0.2) is 0 Å². The number of carbonyl (C=O) groups is 1. The van der Waals surface area contributed by atoms with Gasteiger partial charge in [-0.1, -0.05) is 6.07 Å². The lowest BCUT2D eigenvalue weighted by molar-refractivity contribution is 0.0730. The molecule has 0 aliphatic carbocycles. The SMILES string of the molecule is COc1ccc(/C=N/NC(=O)c2cccc(S(=O)(=O)N3CCOCC3)c2)c(OC)c1. The molecule has 10 heteroatoms. The Balaban J connectivity index is 1.72. The van der Waals surface area contributed by atoms with Crippen molar-refractivity contribution in [1.82, 2.24) is 9.73 Å². The van der Waals surface area contributed by atoms with Crippen molar-refractivity contribution in [2.45, 2.75) is 4.90 Å². The second-order valence-electron chi connectivity index (χ2n) is 6.35. The van der Waals surface area contributed by atoms with E-state index in [4.69, 9.17) is 14.2 Å². The Kier molecular flexibility index (Phi) is 7.03. The van der Waals surface area contributed by atoms with E-state index >= 15 is 0 Å². The molecule has 1 heterocycles. The van der Waals surface area contributed by atoms with Gasteiger partial charge in [-0.05, 0) is 30.3 Å². The summed E-state index contributed by atoms with van der Waals surface area (Å²) >= 11 is 0. The number of methoxy groups -OCH3 is 2. The van der Waals surface area contributed by atoms with Crippen LogP contribution in [0.1, 0.15) is 15.9 Å². The molecule has 9 nitrogen and oxygen atoms in total. The van der Waals surface area contributed by atoms with Gasteiger partial charge in [0.05, 0.1) is 38.5 Å². The van der Waals surface area contributed by atoms with Crippen LogP contribution in [0.15, 0.2) is 52.5 Å². The van der Waals surface area contributed by atoms with E-state index in [0.29, 0.717) is 30.3 Å². The lowest BCUT2D eigenvalue weighted by Gasteiger charge is -2.26. The molecular formula is C20H23N3O6S. The second kappa shape index (κ2) is 9.70. The maximum Gasteiger partial charge on any atom is 0.271 e. The molecule has 0 radical (unpaired) electrons. The zero-order valence-electron chi connectivity index (χ0n) is 16.7. The first kappa shape index (κ1) is 21.8. The molecule has 0 bridgehead atoms. The van der Waals surface area contributed by atoms with Crippen LogP contribution in [0, 0.1) is 0 Å². The fourth-order valence-electron chi connectivity index (χ4n) is 2.88. The highest BCUT2D eigenvalue weighted by atomic mass is 32.2. The van der Waals surface area contributed by atoms with Crippen LogP contribution in [0.2, 0.25) is 0 Å². The molecule has 1 aliphatic rings. The fourth-order valence-corrected chi connectivity index (χ4v) is 4.34. The minimum atomic E-state index is -3.69. The Bertz CT molecular complexity index is 1030. The van der Waals surface area contributed by atoms with Gasteiger partial charge in [0.2, 0.25) is 10.0 Å². The third-order valence-corrected chi connectivity index (χ3v) is 6.41. The Morgan fingerprint density at radius 1 is 1.13 bits per heavy atom. The van der Waals surface area contributed by atoms with E-state index in [1.54, 1.807) is 25.3 Å². The van der Waals surface area contributed by atoms with E-state index < -0.39 is 15.9 Å². The Hall–Kier alpha value is -2.95. The molecule has 1 aliphatic heterocycles. The molecule has 2 aromatic carbocycles. The summed E-state index contributed by atoms with van der Waals surface area (Å²) in [6, 6.07) is 11.0. The molecule has 2 aromatic rings. The Labute approximate surface area is 175 Å². The number of rotatable bonds is 7. The quantitative estimate of drug-likeness (QED) is 0.524. The van der Waals surface area contributed by atoms with Gasteiger partial charge in [-0.3, -0.25) is 4.79 Å². The molecule has 1 N–H and O–H groups in total. The Morgan fingerprint density at radius 3 is 2.60 bits per heavy atom. The average Bonchev–Trinajstić information content (AvgIpc) is 2.79. The zero-order valence-corrected chi connectivity index (χ0v) is 17.5. The van der Waals surface area contributed by atoms with E-state index in [1.165, 1.54) is 41.9 Å². The first-order valence-electron chi connectivity index (χ1n) is 9.19. The molecule has 0 spiro atoms. The number of morpholine rings is 1. The minimum absolute atomic E-state index is 0.0536. The van der Waals surface area contributed by atoms with E-state index in [0.717, 1.165) is 0 Å². The maximum atomic E-state index is 12.8. The van der Waals surface area contributed by atoms with Crippen molar-refractivity contribution in [3.8, 4) is 11.5 Å². The van der Waals surface area contributed by atoms with Gasteiger partial charge < -0.3 is 14.2 Å². The van der Waals surface area contributed by atoms with Crippen LogP contribution in [0.3, 0.4) is 0 Å². The predicted molar refractivity (Wildman–Crippen MR) is 111 cm³/mol. The van der Waals surface area contributed by atoms with Crippen LogP contribution >= 0.6 is 0 Å². The van der Waals surface area contributed by atoms with Crippen molar-refractivity contribution in [2.24, 2.45) is 5.10 Å². The van der Waals surface area contributed by atoms with Gasteiger partial charge in [0.25, 0.3) is 5.91 Å². The number of hydrogen-bond donors (Lipinski definition) is 1. The molecule has 1 amide bonds. The van der Waals surface area contributed by atoms with Crippen LogP contribution in [0.4, 0.5) is 0 Å². The first-order valence-corrected chi connectivity index (χ1v) is 10.6. The van der Waals surface area contributed by atoms with Crippen LogP contribution in [-0.2, 0) is 14.8 Å². The van der Waals surface area contributed by atoms with Gasteiger partial charge in [-0.25, -0.2) is 13.8 Å². The summed E-state index contributed by atoms with van der Waals surface area (Å²) in [5.74, 6) is 0.634. The van der Waals surface area contributed by atoms with Crippen LogP contribution in [-0.4, -0.2) is 65.4 Å². The number of benzene rings is 2. The molecule has 1 saturated heterocycles. The largest absolute Gasteiger partial charge is 0.497 e. The highest BCUT2D eigenvalue weighted by Crippen LogP contribution is 2.23. The number of carbonyl (C=O) groups excluding carboxylic acids is 1. The smallest absolute Gasteiger partial charge is 0.271 e. The highest BCUT2D eigenvalue weighted by Gasteiger charge is 2.26. The van der Waals surface area contributed by atoms with Gasteiger partial charge in [-0.15, -0.1) is 0 Å². The number of hydrogen-bond acceptors (Lipinski definition) is 7. The number of sulfonamides is 1. The molecule has 0 atom stereocenters. The number of nitrogens with one attached hydrogen (secondary N) is 1. The van der Waals surface area contributed by atoms with Gasteiger partial charge in [-0.2, -0.15) is 9.41 Å². The summed E-state index contributed by atoms with van der Waals surface area (Å²) in [5, 5.41) is 3.94. The van der Waals surface area contributed by atoms with Crippen LogP contribution in [0.5, 0.6) is 11.5 Å². The average molecular weight is 433 g/mol. The predicted octanol–water partition coefficient (Wildman–Crippen LogP) is 1.49. The van der Waals surface area contributed by atoms with Crippen LogP contribution < -0.4 is 14.9 Å². The number of nitrogens with zero attached hydrogens (tertiary/aromatic N) is 2. The third kappa shape index (κ3) is 4.96. The van der Waals surface area contributed by atoms with Crippen LogP contribution in [0.25, 0.3) is 0 Å². The van der Waals surface area contributed by atoms with Crippen molar-refractivity contribution in [3.05, 3.63) is 53.6 Å². The van der Waals surface area contributed by atoms with Crippen molar-refractivity contribution in [1.29, 1.82) is 0 Å².